The standard InChI is InChI=1S/6C15H16ClNO.2C14H14ClNO/c4*1-8-5-9-6-13-10(12(9)7-14(8)16)3-2-4-11(13)15(17)18;2*1-8-5-9(16)6-13-10-3-2-4-11(15(17)18)14(10)7-12(8)13;2*15-9-5-4-8-6-13-10(12(8)7-9)2-1-3-11(13)14(16)17/h4*5,7,11H,2-4,6H2,1H3,(H2,17,18);2*5-6,11H,2-4,7H2,1H3,(H2,17,18);2*4-5,7,11H,1-3,6H2,(H2,16,17)/i2D2,5D,7D;2D2,7D;2D2,5D;2D2;2D2,6D;2D2;1D2,7D;1D2. The molecule has 16 aliphatic rings. The molecule has 8 amide bonds. The lowest BCUT2D eigenvalue weighted by molar-refractivity contribution is -0.121. The highest BCUT2D eigenvalue weighted by molar-refractivity contribution is 6.34. The number of nitrogens with two attached hydrogens (primary N) is 8. The lowest BCUT2D eigenvalue weighted by Crippen LogP contribution is -2.27. The van der Waals surface area contributed by atoms with Crippen LogP contribution in [-0.4, -0.2) is 47.3 Å². The van der Waals surface area contributed by atoms with E-state index in [1.807, 2.05) is 82.3 Å². The van der Waals surface area contributed by atoms with Crippen LogP contribution in [0, 0.1) is 88.9 Å². The second-order valence-corrected chi connectivity index (χ2v) is 41.9. The van der Waals surface area contributed by atoms with E-state index in [2.05, 4.69) is 0 Å². The molecule has 16 N–H and O–H groups in total. The third-order valence-electron chi connectivity index (χ3n) is 30.0. The van der Waals surface area contributed by atoms with Crippen LogP contribution in [0.1, 0.15) is 306 Å². The molecule has 0 aliphatic heterocycles. The summed E-state index contributed by atoms with van der Waals surface area (Å²) in [6.45, 7) is 11.2. The fourth-order valence-corrected chi connectivity index (χ4v) is 24.2. The normalized spacial score (nSPS) is 27.0. The smallest absolute Gasteiger partial charge is 0.224 e. The molecule has 24 rings (SSSR count). The maximum atomic E-state index is 11.7. The van der Waals surface area contributed by atoms with Crippen molar-refractivity contribution < 1.29 is 68.5 Å². The van der Waals surface area contributed by atoms with Crippen molar-refractivity contribution >= 4 is 185 Å². The molecule has 24 heteroatoms. The number of allylic oxidation sites excluding steroid dienone is 8. The number of halogens is 8. The number of amides is 8. The third-order valence-corrected chi connectivity index (χ3v) is 32.4. The van der Waals surface area contributed by atoms with Gasteiger partial charge in [0.05, 0.1) is 55.6 Å². The number of hydrogen-bond acceptors (Lipinski definition) is 8. The first-order valence-electron chi connectivity index (χ1n) is 58.4. The zero-order valence-electron chi connectivity index (χ0n) is 101. The first-order valence-corrected chi connectivity index (χ1v) is 50.4. The van der Waals surface area contributed by atoms with Gasteiger partial charge in [-0.15, -0.1) is 0 Å². The molecule has 8 aromatic carbocycles. The number of rotatable bonds is 8. The quantitative estimate of drug-likeness (QED) is 0.0721. The van der Waals surface area contributed by atoms with Gasteiger partial charge in [-0.05, 0) is 531 Å². The van der Waals surface area contributed by atoms with Gasteiger partial charge < -0.3 is 45.9 Å². The Morgan fingerprint density at radius 3 is 0.873 bits per heavy atom. The van der Waals surface area contributed by atoms with Gasteiger partial charge in [-0.25, -0.2) is 0 Å². The van der Waals surface area contributed by atoms with Crippen LogP contribution < -0.4 is 45.9 Å². The van der Waals surface area contributed by atoms with E-state index in [9.17, 15) is 38.4 Å². The molecular formula is C118H124Cl8N8O8. The van der Waals surface area contributed by atoms with E-state index in [0.29, 0.717) is 156 Å². The summed E-state index contributed by atoms with van der Waals surface area (Å²) in [7, 11) is 0. The van der Waals surface area contributed by atoms with Crippen molar-refractivity contribution in [2.24, 2.45) is 93.2 Å². The first-order chi connectivity index (χ1) is 76.0. The molecular weight excluding hydrogens is 1940 g/mol. The highest BCUT2D eigenvalue weighted by Crippen LogP contribution is 2.55. The Labute approximate surface area is 903 Å². The average Bonchev–Trinajstić information content (AvgIpc) is 1.58. The van der Waals surface area contributed by atoms with Gasteiger partial charge in [-0.1, -0.05) is 129 Å². The van der Waals surface area contributed by atoms with Gasteiger partial charge in [0.2, 0.25) is 47.3 Å². The van der Waals surface area contributed by atoms with Gasteiger partial charge in [0.25, 0.3) is 0 Å². The minimum absolute atomic E-state index is 0.0581. The fraction of sp³-hybridized carbons (Fsp3) is 0.390. The first kappa shape index (κ1) is 78.2. The highest BCUT2D eigenvalue weighted by Gasteiger charge is 2.42. The predicted octanol–water partition coefficient (Wildman–Crippen LogP) is 25.3. The summed E-state index contributed by atoms with van der Waals surface area (Å²) in [6, 6.07) is 23.8. The van der Waals surface area contributed by atoms with E-state index in [0.717, 1.165) is 167 Å². The van der Waals surface area contributed by atoms with Crippen LogP contribution in [0.2, 0.25) is 40.2 Å². The van der Waals surface area contributed by atoms with Gasteiger partial charge in [-0.2, -0.15) is 0 Å². The summed E-state index contributed by atoms with van der Waals surface area (Å²) in [5.74, 6) is -8.35. The van der Waals surface area contributed by atoms with Gasteiger partial charge in [0, 0.05) is 62.1 Å². The van der Waals surface area contributed by atoms with Crippen molar-refractivity contribution in [3.63, 3.8) is 0 Å². The van der Waals surface area contributed by atoms with E-state index in [4.69, 9.17) is 169 Å². The SMILES string of the molecule is [2H]C1([2H])CC2=C(Cc3c(C)cc(Cl)cc32)C(C(N)=O)C1.[2H]C1([2H])CC2=C(Cc3cc(C)c(Cl)cc32)C(C(N)=O)C1.[2H]C1([2H])CC2=C(Cc3ccc(Cl)cc32)C(C(N)=O)C1.[2H]c1c(C)c(Cl)c([2H])c2c1CC1=C2CC([2H])([2H])CC1C(N)=O.[2H]c1c(C)c(Cl)cc2c1CC1=C2CC([2H])([2H])CC1C(N)=O.[2H]c1c(Cl)c(C)cc2c1C1=C(C2)C(C(N)=O)CC([2H])([2H])C1.[2H]c1c(Cl)cc(C)c2c1C1=C(C2)C(C(N)=O)CC([2H])([2H])C1.[2H]c1c(Cl)ccc2c1C1=C(C2)C(C(N)=O)CC([2H])([2H])C1. The number of hydrogen-bond donors (Lipinski definition) is 8. The second kappa shape index (κ2) is 43.2. The molecule has 0 fully saturated rings. The molecule has 8 atom stereocenters. The molecule has 740 valence electrons. The molecule has 0 heterocycles. The molecule has 8 unspecified atom stereocenters. The van der Waals surface area contributed by atoms with Crippen molar-refractivity contribution in [2.45, 2.75) is 247 Å². The van der Waals surface area contributed by atoms with Crippen molar-refractivity contribution in [3.8, 4) is 0 Å². The maximum absolute atomic E-state index is 11.7. The maximum Gasteiger partial charge on any atom is 0.224 e. The highest BCUT2D eigenvalue weighted by atomic mass is 35.5. The van der Waals surface area contributed by atoms with E-state index >= 15 is 0 Å². The Balaban J connectivity index is 0.000000125. The number of aryl methyl sites for hydroxylation is 4. The molecule has 16 aliphatic carbocycles. The lowest BCUT2D eigenvalue weighted by Gasteiger charge is -2.22. The zero-order valence-corrected chi connectivity index (χ0v) is 85.5. The van der Waals surface area contributed by atoms with E-state index in [1.54, 1.807) is 32.0 Å². The van der Waals surface area contributed by atoms with Crippen molar-refractivity contribution in [2.75, 3.05) is 0 Å². The Morgan fingerprint density at radius 1 is 0.232 bits per heavy atom. The van der Waals surface area contributed by atoms with Crippen molar-refractivity contribution in [3.05, 3.63) is 316 Å². The van der Waals surface area contributed by atoms with Gasteiger partial charge in [-0.3, -0.25) is 38.4 Å². The Hall–Kier alpha value is -10.2. The van der Waals surface area contributed by atoms with Crippen LogP contribution in [0.3, 0.4) is 0 Å². The summed E-state index contributed by atoms with van der Waals surface area (Å²) in [5, 5.41) is 3.80. The number of fused-ring (bicyclic) bond motifs is 16. The van der Waals surface area contributed by atoms with Gasteiger partial charge in [0.1, 0.15) is 0 Å². The molecule has 0 radical (unpaired) electrons. The van der Waals surface area contributed by atoms with E-state index in [-0.39, 0.29) is 119 Å². The van der Waals surface area contributed by atoms with Crippen LogP contribution in [0.15, 0.2) is 154 Å². The lowest BCUT2D eigenvalue weighted by atomic mass is 9.82. The second-order valence-electron chi connectivity index (χ2n) is 38.6. The molecule has 0 aromatic heterocycles. The number of primary amides is 8. The van der Waals surface area contributed by atoms with Gasteiger partial charge >= 0.3 is 0 Å². The predicted molar refractivity (Wildman–Crippen MR) is 577 cm³/mol. The van der Waals surface area contributed by atoms with Crippen LogP contribution in [0.4, 0.5) is 0 Å². The summed E-state index contributed by atoms with van der Waals surface area (Å²) >= 11 is 48.9. The van der Waals surface area contributed by atoms with Crippen LogP contribution >= 0.6 is 92.8 Å². The molecule has 8 aromatic rings. The van der Waals surface area contributed by atoms with Crippen LogP contribution in [0.25, 0.3) is 44.6 Å². The Morgan fingerprint density at radius 2 is 0.479 bits per heavy atom. The van der Waals surface area contributed by atoms with E-state index < -0.39 is 146 Å². The minimum atomic E-state index is -1.55. The molecule has 0 saturated heterocycles. The molecule has 0 bridgehead atoms. The summed E-state index contributed by atoms with van der Waals surface area (Å²) in [6.07, 6.45) is -3.86. The Bertz CT molecular complexity index is 8190. The van der Waals surface area contributed by atoms with E-state index in [1.165, 1.54) is 0 Å². The third kappa shape index (κ3) is 21.0. The van der Waals surface area contributed by atoms with Crippen molar-refractivity contribution in [1.82, 2.24) is 0 Å². The number of benzene rings is 8. The molecule has 142 heavy (non-hydrogen) atoms. The zero-order chi connectivity index (χ0) is 121. The summed E-state index contributed by atoms with van der Waals surface area (Å²) in [5.41, 5.74) is 76.9. The molecule has 0 spiro atoms. The summed E-state index contributed by atoms with van der Waals surface area (Å²) in [4.78, 5) is 93.5. The average molecular weight is 2090 g/mol. The monoisotopic (exact) mass is 2080 g/mol. The van der Waals surface area contributed by atoms with Gasteiger partial charge in [0.15, 0.2) is 0 Å². The number of carbonyl (C=O) groups is 8. The molecule has 0 saturated carbocycles. The summed E-state index contributed by atoms with van der Waals surface area (Å²) < 4.78 is 178. The minimum Gasteiger partial charge on any atom is -0.369 e. The fourth-order valence-electron chi connectivity index (χ4n) is 22.7. The van der Waals surface area contributed by atoms with Crippen molar-refractivity contribution in [1.29, 1.82) is 0 Å². The number of carbonyl (C=O) groups excluding carboxylic acids is 8. The largest absolute Gasteiger partial charge is 0.369 e. The molecule has 16 nitrogen and oxygen atoms in total. The van der Waals surface area contributed by atoms with Crippen LogP contribution in [0.5, 0.6) is 0 Å². The van der Waals surface area contributed by atoms with Crippen LogP contribution in [-0.2, 0) is 89.7 Å². The Kier molecular flexibility index (Phi) is 23.8. The topological polar surface area (TPSA) is 345 Å².